The van der Waals surface area contributed by atoms with E-state index in [0.717, 1.165) is 53.3 Å². The van der Waals surface area contributed by atoms with Gasteiger partial charge in [-0.3, -0.25) is 4.79 Å². The van der Waals surface area contributed by atoms with Crippen molar-refractivity contribution in [2.75, 3.05) is 24.6 Å². The van der Waals surface area contributed by atoms with E-state index < -0.39 is 0 Å². The highest BCUT2D eigenvalue weighted by Crippen LogP contribution is 2.41. The van der Waals surface area contributed by atoms with Gasteiger partial charge in [-0.25, -0.2) is 4.98 Å². The van der Waals surface area contributed by atoms with Crippen LogP contribution in [-0.4, -0.2) is 30.6 Å². The lowest BCUT2D eigenvalue weighted by molar-refractivity contribution is -0.148. The number of benzene rings is 3. The predicted molar refractivity (Wildman–Crippen MR) is 155 cm³/mol. The van der Waals surface area contributed by atoms with Crippen molar-refractivity contribution in [2.24, 2.45) is 5.92 Å². The Labute approximate surface area is 237 Å². The first-order valence-electron chi connectivity index (χ1n) is 12.9. The molecule has 0 bridgehead atoms. The van der Waals surface area contributed by atoms with Gasteiger partial charge in [0.05, 0.1) is 24.2 Å². The molecule has 1 saturated heterocycles. The Balaban J connectivity index is 1.26. The Morgan fingerprint density at radius 1 is 1.05 bits per heavy atom. The number of halogens is 1. The number of piperidine rings is 1. The number of nitrogens with zero attached hydrogens (tertiary/aromatic N) is 3. The molecule has 3 aromatic carbocycles. The first-order valence-corrected chi connectivity index (χ1v) is 14.1. The molecule has 0 radical (unpaired) electrons. The van der Waals surface area contributed by atoms with Gasteiger partial charge in [-0.05, 0) is 60.7 Å². The van der Waals surface area contributed by atoms with Crippen molar-refractivity contribution in [1.29, 1.82) is 5.26 Å². The van der Waals surface area contributed by atoms with E-state index in [1.807, 2.05) is 67.6 Å². The van der Waals surface area contributed by atoms with Crippen LogP contribution in [-0.2, 0) is 16.1 Å². The van der Waals surface area contributed by atoms with E-state index in [4.69, 9.17) is 31.3 Å². The number of esters is 1. The quantitative estimate of drug-likeness (QED) is 0.211. The molecule has 0 atom stereocenters. The summed E-state index contributed by atoms with van der Waals surface area (Å²) in [6.07, 6.45) is 1.49. The molecule has 0 amide bonds. The summed E-state index contributed by atoms with van der Waals surface area (Å²) in [6, 6.07) is 25.7. The van der Waals surface area contributed by atoms with Crippen LogP contribution in [0.3, 0.4) is 0 Å². The largest absolute Gasteiger partial charge is 0.488 e. The van der Waals surface area contributed by atoms with Gasteiger partial charge in [0.2, 0.25) is 0 Å². The van der Waals surface area contributed by atoms with Gasteiger partial charge >= 0.3 is 5.97 Å². The van der Waals surface area contributed by atoms with Crippen LogP contribution >= 0.6 is 22.9 Å². The van der Waals surface area contributed by atoms with Crippen LogP contribution in [0.15, 0.2) is 72.8 Å². The number of carbonyl (C=O) groups is 1. The fraction of sp³-hybridized carbons (Fsp3) is 0.258. The van der Waals surface area contributed by atoms with E-state index in [1.54, 1.807) is 0 Å². The summed E-state index contributed by atoms with van der Waals surface area (Å²) in [5.41, 5.74) is 5.38. The summed E-state index contributed by atoms with van der Waals surface area (Å²) >= 11 is 8.14. The maximum absolute atomic E-state index is 12.1. The molecule has 5 rings (SSSR count). The molecule has 1 aliphatic heterocycles. The third kappa shape index (κ3) is 6.25. The molecule has 1 aromatic heterocycles. The Hall–Kier alpha value is -3.86. The van der Waals surface area contributed by atoms with Crippen LogP contribution in [0.1, 0.15) is 30.9 Å². The minimum Gasteiger partial charge on any atom is -0.488 e. The zero-order valence-electron chi connectivity index (χ0n) is 21.6. The third-order valence-electron chi connectivity index (χ3n) is 6.80. The second-order valence-corrected chi connectivity index (χ2v) is 10.9. The second kappa shape index (κ2) is 12.3. The average Bonchev–Trinajstić information content (AvgIpc) is 3.38. The maximum atomic E-state index is 12.1. The number of carbonyl (C=O) groups excluding carboxylic acids is 1. The van der Waals surface area contributed by atoms with Gasteiger partial charge in [0, 0.05) is 18.7 Å². The van der Waals surface area contributed by atoms with Crippen LogP contribution in [0.2, 0.25) is 4.34 Å². The molecule has 1 aliphatic rings. The molecule has 0 aliphatic carbocycles. The van der Waals surface area contributed by atoms with E-state index in [0.29, 0.717) is 34.6 Å². The van der Waals surface area contributed by atoms with Gasteiger partial charge in [-0.1, -0.05) is 71.5 Å². The number of hydrogen-bond donors (Lipinski definition) is 0. The van der Waals surface area contributed by atoms with Crippen molar-refractivity contribution in [3.05, 3.63) is 88.3 Å². The lowest BCUT2D eigenvalue weighted by Crippen LogP contribution is -2.36. The second-order valence-electron chi connectivity index (χ2n) is 9.30. The first kappa shape index (κ1) is 26.7. The summed E-state index contributed by atoms with van der Waals surface area (Å²) in [4.78, 5) is 19.2. The molecule has 0 spiro atoms. The van der Waals surface area contributed by atoms with Crippen molar-refractivity contribution in [1.82, 2.24) is 4.98 Å². The Morgan fingerprint density at radius 3 is 2.38 bits per heavy atom. The topological polar surface area (TPSA) is 75.4 Å². The molecule has 0 saturated carbocycles. The van der Waals surface area contributed by atoms with Crippen molar-refractivity contribution < 1.29 is 14.3 Å². The number of nitriles is 1. The number of aromatic nitrogens is 1. The SMILES string of the molecule is CCOC(=O)C1CCN(c2nc(-c3ccccc3OCc3ccc(-c4ccc(C#N)cc4)cc3)c(Cl)s2)CC1. The molecule has 0 unspecified atom stereocenters. The summed E-state index contributed by atoms with van der Waals surface area (Å²) in [6.45, 7) is 4.13. The van der Waals surface area contributed by atoms with E-state index in [-0.39, 0.29) is 11.9 Å². The fourth-order valence-corrected chi connectivity index (χ4v) is 5.85. The fourth-order valence-electron chi connectivity index (χ4n) is 4.64. The van der Waals surface area contributed by atoms with Gasteiger partial charge in [-0.2, -0.15) is 5.26 Å². The third-order valence-corrected chi connectivity index (χ3v) is 8.11. The Kier molecular flexibility index (Phi) is 8.45. The highest BCUT2D eigenvalue weighted by atomic mass is 35.5. The lowest BCUT2D eigenvalue weighted by Gasteiger charge is -2.30. The average molecular weight is 558 g/mol. The van der Waals surface area contributed by atoms with E-state index in [9.17, 15) is 4.79 Å². The molecular formula is C31H28ClN3O3S. The predicted octanol–water partition coefficient (Wildman–Crippen LogP) is 7.36. The van der Waals surface area contributed by atoms with Gasteiger partial charge in [0.25, 0.3) is 0 Å². The van der Waals surface area contributed by atoms with Crippen LogP contribution in [0, 0.1) is 17.2 Å². The number of thiazole rings is 1. The Morgan fingerprint density at radius 2 is 1.72 bits per heavy atom. The van der Waals surface area contributed by atoms with Gasteiger partial charge in [-0.15, -0.1) is 0 Å². The van der Waals surface area contributed by atoms with E-state index in [1.165, 1.54) is 11.3 Å². The van der Waals surface area contributed by atoms with Crippen molar-refractivity contribution in [2.45, 2.75) is 26.4 Å². The van der Waals surface area contributed by atoms with Crippen LogP contribution in [0.25, 0.3) is 22.4 Å². The summed E-state index contributed by atoms with van der Waals surface area (Å²) in [7, 11) is 0. The zero-order valence-corrected chi connectivity index (χ0v) is 23.2. The summed E-state index contributed by atoms with van der Waals surface area (Å²) in [5, 5.41) is 9.86. The summed E-state index contributed by atoms with van der Waals surface area (Å²) < 4.78 is 12.0. The number of para-hydroxylation sites is 1. The molecule has 6 nitrogen and oxygen atoms in total. The molecule has 0 N–H and O–H groups in total. The van der Waals surface area contributed by atoms with Crippen molar-refractivity contribution in [3.63, 3.8) is 0 Å². The number of hydrogen-bond acceptors (Lipinski definition) is 7. The molecule has 4 aromatic rings. The molecule has 2 heterocycles. The smallest absolute Gasteiger partial charge is 0.309 e. The van der Waals surface area contributed by atoms with Crippen LogP contribution in [0.4, 0.5) is 5.13 Å². The van der Waals surface area contributed by atoms with Gasteiger partial charge in [0.15, 0.2) is 5.13 Å². The first-order chi connectivity index (χ1) is 19.1. The normalized spacial score (nSPS) is 13.6. The Bertz CT molecular complexity index is 1470. The summed E-state index contributed by atoms with van der Waals surface area (Å²) in [5.74, 6) is 0.557. The van der Waals surface area contributed by atoms with Crippen LogP contribution in [0.5, 0.6) is 5.75 Å². The standard InChI is InChI=1S/C31H28ClN3O3S/c1-2-37-30(36)25-15-17-35(18-16-25)31-34-28(29(32)39-31)26-5-3-4-6-27(26)38-20-22-9-13-24(14-10-22)23-11-7-21(19-33)8-12-23/h3-14,25H,2,15-18,20H2,1H3. The molecule has 8 heteroatoms. The van der Waals surface area contributed by atoms with Gasteiger partial charge in [0.1, 0.15) is 22.4 Å². The monoisotopic (exact) mass is 557 g/mol. The molecule has 198 valence electrons. The maximum Gasteiger partial charge on any atom is 0.309 e. The number of anilines is 1. The minimum absolute atomic E-state index is 0.0524. The van der Waals surface area contributed by atoms with Crippen molar-refractivity contribution in [3.8, 4) is 34.2 Å². The highest BCUT2D eigenvalue weighted by Gasteiger charge is 2.28. The van der Waals surface area contributed by atoms with Gasteiger partial charge < -0.3 is 14.4 Å². The van der Waals surface area contributed by atoms with Crippen LogP contribution < -0.4 is 9.64 Å². The molecule has 39 heavy (non-hydrogen) atoms. The number of rotatable bonds is 8. The minimum atomic E-state index is -0.106. The number of ether oxygens (including phenoxy) is 2. The van der Waals surface area contributed by atoms with E-state index in [2.05, 4.69) is 23.1 Å². The lowest BCUT2D eigenvalue weighted by atomic mass is 9.97. The zero-order chi connectivity index (χ0) is 27.2. The van der Waals surface area contributed by atoms with Crippen molar-refractivity contribution >= 4 is 34.0 Å². The molecule has 1 fully saturated rings. The molecular weight excluding hydrogens is 530 g/mol. The highest BCUT2D eigenvalue weighted by molar-refractivity contribution is 7.20. The van der Waals surface area contributed by atoms with E-state index >= 15 is 0 Å².